The van der Waals surface area contributed by atoms with Gasteiger partial charge in [-0.25, -0.2) is 0 Å². The Morgan fingerprint density at radius 1 is 0.966 bits per heavy atom. The van der Waals surface area contributed by atoms with E-state index in [2.05, 4.69) is 10.6 Å². The van der Waals surface area contributed by atoms with Crippen LogP contribution in [0, 0.1) is 0 Å². The van der Waals surface area contributed by atoms with E-state index < -0.39 is 24.4 Å². The Hall–Kier alpha value is -3.55. The van der Waals surface area contributed by atoms with E-state index in [0.717, 1.165) is 5.56 Å². The molecule has 0 aliphatic heterocycles. The van der Waals surface area contributed by atoms with Crippen molar-refractivity contribution in [3.8, 4) is 11.5 Å². The predicted molar refractivity (Wildman–Crippen MR) is 106 cm³/mol. The molecule has 0 aliphatic carbocycles. The summed E-state index contributed by atoms with van der Waals surface area (Å²) >= 11 is 0. The second-order valence-electron chi connectivity index (χ2n) is 6.14. The average molecular weight is 400 g/mol. The van der Waals surface area contributed by atoms with Gasteiger partial charge in [-0.05, 0) is 24.6 Å². The minimum Gasteiger partial charge on any atom is -0.497 e. The largest absolute Gasteiger partial charge is 0.497 e. The molecule has 154 valence electrons. The third-order valence-electron chi connectivity index (χ3n) is 4.05. The van der Waals surface area contributed by atoms with E-state index in [4.69, 9.17) is 14.2 Å². The molecule has 2 aromatic rings. The second-order valence-corrected chi connectivity index (χ2v) is 6.14. The molecule has 0 spiro atoms. The standard InChI is InChI=1S/C21H24N2O6/c1-14(15-7-5-4-6-8-15)23-19(24)13-29-20(25)12-22-21(26)16-9-17(27-2)11-18(10-16)28-3/h4-11,14H,12-13H2,1-3H3,(H,22,26)(H,23,24)/t14-/m1/s1. The van der Waals surface area contributed by atoms with Gasteiger partial charge in [0.05, 0.1) is 20.3 Å². The molecule has 2 amide bonds. The van der Waals surface area contributed by atoms with E-state index in [1.807, 2.05) is 37.3 Å². The van der Waals surface area contributed by atoms with Crippen LogP contribution in [0.25, 0.3) is 0 Å². The first-order valence-corrected chi connectivity index (χ1v) is 8.94. The number of hydrogen-bond donors (Lipinski definition) is 2. The molecule has 29 heavy (non-hydrogen) atoms. The van der Waals surface area contributed by atoms with Gasteiger partial charge in [-0.15, -0.1) is 0 Å². The van der Waals surface area contributed by atoms with Crippen LogP contribution < -0.4 is 20.1 Å². The Bertz CT molecular complexity index is 831. The van der Waals surface area contributed by atoms with Crippen molar-refractivity contribution >= 4 is 17.8 Å². The Morgan fingerprint density at radius 3 is 2.17 bits per heavy atom. The number of nitrogens with one attached hydrogen (secondary N) is 2. The number of esters is 1. The molecule has 2 rings (SSSR count). The zero-order valence-electron chi connectivity index (χ0n) is 16.6. The number of benzene rings is 2. The molecular weight excluding hydrogens is 376 g/mol. The highest BCUT2D eigenvalue weighted by molar-refractivity contribution is 5.96. The lowest BCUT2D eigenvalue weighted by Crippen LogP contribution is -2.34. The molecule has 0 fully saturated rings. The van der Waals surface area contributed by atoms with Gasteiger partial charge in [-0.2, -0.15) is 0 Å². The van der Waals surface area contributed by atoms with Gasteiger partial charge >= 0.3 is 5.97 Å². The van der Waals surface area contributed by atoms with Crippen molar-refractivity contribution in [1.82, 2.24) is 10.6 Å². The summed E-state index contributed by atoms with van der Waals surface area (Å²) in [5.74, 6) is -0.766. The molecule has 0 saturated carbocycles. The van der Waals surface area contributed by atoms with Crippen molar-refractivity contribution in [1.29, 1.82) is 0 Å². The zero-order valence-corrected chi connectivity index (χ0v) is 16.6. The Kier molecular flexibility index (Phi) is 8.02. The summed E-state index contributed by atoms with van der Waals surface area (Å²) in [4.78, 5) is 36.0. The predicted octanol–water partition coefficient (Wildman–Crippen LogP) is 1.85. The number of rotatable bonds is 9. The van der Waals surface area contributed by atoms with E-state index in [1.165, 1.54) is 26.4 Å². The minimum absolute atomic E-state index is 0.217. The lowest BCUT2D eigenvalue weighted by Gasteiger charge is -2.14. The molecule has 0 radical (unpaired) electrons. The van der Waals surface area contributed by atoms with E-state index in [9.17, 15) is 14.4 Å². The first-order valence-electron chi connectivity index (χ1n) is 8.94. The number of carbonyl (C=O) groups is 3. The number of amides is 2. The fourth-order valence-corrected chi connectivity index (χ4v) is 2.50. The lowest BCUT2D eigenvalue weighted by atomic mass is 10.1. The molecule has 2 aromatic carbocycles. The highest BCUT2D eigenvalue weighted by atomic mass is 16.5. The van der Waals surface area contributed by atoms with E-state index >= 15 is 0 Å². The summed E-state index contributed by atoms with van der Waals surface area (Å²) in [5.41, 5.74) is 1.21. The third-order valence-corrected chi connectivity index (χ3v) is 4.05. The molecule has 0 bridgehead atoms. The average Bonchev–Trinajstić information content (AvgIpc) is 2.76. The van der Waals surface area contributed by atoms with Crippen LogP contribution >= 0.6 is 0 Å². The van der Waals surface area contributed by atoms with Gasteiger partial charge in [0.15, 0.2) is 6.61 Å². The summed E-state index contributed by atoms with van der Waals surface area (Å²) in [6.45, 7) is 1.02. The maximum Gasteiger partial charge on any atom is 0.325 e. The van der Waals surface area contributed by atoms with Crippen LogP contribution in [-0.2, 0) is 14.3 Å². The molecule has 1 atom stereocenters. The van der Waals surface area contributed by atoms with Crippen molar-refractivity contribution < 1.29 is 28.6 Å². The van der Waals surface area contributed by atoms with Crippen LogP contribution in [0.5, 0.6) is 11.5 Å². The first kappa shape index (κ1) is 21.7. The summed E-state index contributed by atoms with van der Waals surface area (Å²) in [7, 11) is 2.94. The number of ether oxygens (including phenoxy) is 3. The molecule has 0 saturated heterocycles. The number of hydrogen-bond acceptors (Lipinski definition) is 6. The van der Waals surface area contributed by atoms with Crippen molar-refractivity contribution in [3.63, 3.8) is 0 Å². The smallest absolute Gasteiger partial charge is 0.325 e. The molecule has 0 unspecified atom stereocenters. The molecule has 0 aliphatic rings. The van der Waals surface area contributed by atoms with Gasteiger partial charge in [-0.3, -0.25) is 14.4 Å². The zero-order chi connectivity index (χ0) is 21.2. The Labute approximate surface area is 169 Å². The molecule has 0 aromatic heterocycles. The van der Waals surface area contributed by atoms with Gasteiger partial charge in [0.2, 0.25) is 0 Å². The number of methoxy groups -OCH3 is 2. The summed E-state index contributed by atoms with van der Waals surface area (Å²) in [5, 5.41) is 5.17. The van der Waals surface area contributed by atoms with Crippen molar-refractivity contribution in [2.24, 2.45) is 0 Å². The highest BCUT2D eigenvalue weighted by Gasteiger charge is 2.14. The quantitative estimate of drug-likeness (QED) is 0.623. The second kappa shape index (κ2) is 10.7. The lowest BCUT2D eigenvalue weighted by molar-refractivity contribution is -0.147. The van der Waals surface area contributed by atoms with E-state index in [1.54, 1.807) is 6.07 Å². The van der Waals surface area contributed by atoms with Gasteiger partial charge in [0.25, 0.3) is 11.8 Å². The summed E-state index contributed by atoms with van der Waals surface area (Å²) in [6, 6.07) is 13.8. The number of carbonyl (C=O) groups excluding carboxylic acids is 3. The fourth-order valence-electron chi connectivity index (χ4n) is 2.50. The molecule has 8 nitrogen and oxygen atoms in total. The fraction of sp³-hybridized carbons (Fsp3) is 0.286. The van der Waals surface area contributed by atoms with Crippen LogP contribution in [0.2, 0.25) is 0 Å². The first-order chi connectivity index (χ1) is 13.9. The molecular formula is C21H24N2O6. The topological polar surface area (TPSA) is 103 Å². The SMILES string of the molecule is COc1cc(OC)cc(C(=O)NCC(=O)OCC(=O)N[C@H](C)c2ccccc2)c1. The van der Waals surface area contributed by atoms with Crippen LogP contribution in [0.4, 0.5) is 0 Å². The summed E-state index contributed by atoms with van der Waals surface area (Å²) in [6.07, 6.45) is 0. The van der Waals surface area contributed by atoms with Gasteiger partial charge < -0.3 is 24.8 Å². The maximum atomic E-state index is 12.2. The van der Waals surface area contributed by atoms with Crippen molar-refractivity contribution in [2.75, 3.05) is 27.4 Å². The normalized spacial score (nSPS) is 11.1. The Balaban J connectivity index is 1.78. The monoisotopic (exact) mass is 400 g/mol. The van der Waals surface area contributed by atoms with Crippen LogP contribution in [0.1, 0.15) is 28.9 Å². The van der Waals surface area contributed by atoms with Crippen LogP contribution in [0.15, 0.2) is 48.5 Å². The van der Waals surface area contributed by atoms with Gasteiger partial charge in [-0.1, -0.05) is 30.3 Å². The highest BCUT2D eigenvalue weighted by Crippen LogP contribution is 2.22. The van der Waals surface area contributed by atoms with E-state index in [0.29, 0.717) is 11.5 Å². The maximum absolute atomic E-state index is 12.2. The molecule has 8 heteroatoms. The molecule has 2 N–H and O–H groups in total. The van der Waals surface area contributed by atoms with Gasteiger partial charge in [0.1, 0.15) is 18.0 Å². The third kappa shape index (κ3) is 6.84. The van der Waals surface area contributed by atoms with Crippen LogP contribution in [0.3, 0.4) is 0 Å². The summed E-state index contributed by atoms with van der Waals surface area (Å²) < 4.78 is 15.1. The van der Waals surface area contributed by atoms with Crippen molar-refractivity contribution in [2.45, 2.75) is 13.0 Å². The van der Waals surface area contributed by atoms with Crippen LogP contribution in [-0.4, -0.2) is 45.2 Å². The molecule has 0 heterocycles. The minimum atomic E-state index is -0.726. The van der Waals surface area contributed by atoms with Gasteiger partial charge in [0, 0.05) is 11.6 Å². The Morgan fingerprint density at radius 2 is 1.59 bits per heavy atom. The van der Waals surface area contributed by atoms with E-state index in [-0.39, 0.29) is 18.2 Å². The van der Waals surface area contributed by atoms with Crippen molar-refractivity contribution in [3.05, 3.63) is 59.7 Å².